The minimum atomic E-state index is -3.10. The Kier molecular flexibility index (Phi) is 4.11. The van der Waals surface area contributed by atoms with E-state index in [1.54, 1.807) is 6.92 Å². The van der Waals surface area contributed by atoms with Crippen molar-refractivity contribution in [2.75, 3.05) is 32.1 Å². The molecule has 78 valence electrons. The minimum Gasteiger partial charge on any atom is -0.376 e. The van der Waals surface area contributed by atoms with Gasteiger partial charge in [-0.25, -0.2) is 13.1 Å². The predicted octanol–water partition coefficient (Wildman–Crippen LogP) is -0.659. The number of hydrogen-bond acceptors (Lipinski definition) is 4. The molecule has 1 saturated heterocycles. The van der Waals surface area contributed by atoms with E-state index in [1.165, 1.54) is 0 Å². The molecule has 1 aliphatic heterocycles. The van der Waals surface area contributed by atoms with Gasteiger partial charge in [0.05, 0.1) is 31.7 Å². The molecule has 5 nitrogen and oxygen atoms in total. The largest absolute Gasteiger partial charge is 0.376 e. The lowest BCUT2D eigenvalue weighted by Crippen LogP contribution is -2.40. The smallest absolute Gasteiger partial charge is 0.211 e. The summed E-state index contributed by atoms with van der Waals surface area (Å²) < 4.78 is 34.9. The summed E-state index contributed by atoms with van der Waals surface area (Å²) in [6.07, 6.45) is -0.143. The van der Waals surface area contributed by atoms with Gasteiger partial charge in [-0.15, -0.1) is 0 Å². The predicted molar refractivity (Wildman–Crippen MR) is 48.0 cm³/mol. The Balaban J connectivity index is 2.25. The highest BCUT2D eigenvalue weighted by Gasteiger charge is 2.16. The van der Waals surface area contributed by atoms with Crippen molar-refractivity contribution in [3.63, 3.8) is 0 Å². The van der Waals surface area contributed by atoms with Crippen molar-refractivity contribution in [1.29, 1.82) is 0 Å². The topological polar surface area (TPSA) is 64.6 Å². The lowest BCUT2D eigenvalue weighted by Gasteiger charge is -2.22. The molecule has 0 amide bonds. The van der Waals surface area contributed by atoms with Gasteiger partial charge in [-0.1, -0.05) is 0 Å². The summed E-state index contributed by atoms with van der Waals surface area (Å²) in [5, 5.41) is 0. The van der Waals surface area contributed by atoms with Crippen LogP contribution in [0.1, 0.15) is 6.92 Å². The molecule has 0 aromatic heterocycles. The molecule has 13 heavy (non-hydrogen) atoms. The molecule has 0 aromatic carbocycles. The van der Waals surface area contributed by atoms with Gasteiger partial charge in [-0.3, -0.25) is 0 Å². The van der Waals surface area contributed by atoms with Crippen molar-refractivity contribution in [2.45, 2.75) is 13.0 Å². The summed E-state index contributed by atoms with van der Waals surface area (Å²) in [4.78, 5) is 0. The Labute approximate surface area is 78.5 Å². The van der Waals surface area contributed by atoms with Gasteiger partial charge < -0.3 is 9.47 Å². The number of nitrogens with one attached hydrogen (secondary N) is 1. The maximum atomic E-state index is 11.0. The Bertz CT molecular complexity index is 233. The second-order valence-electron chi connectivity index (χ2n) is 2.82. The van der Waals surface area contributed by atoms with E-state index in [0.29, 0.717) is 26.4 Å². The molecule has 0 radical (unpaired) electrons. The highest BCUT2D eigenvalue weighted by Crippen LogP contribution is 1.99. The van der Waals surface area contributed by atoms with Crippen LogP contribution in [0.5, 0.6) is 0 Å². The quantitative estimate of drug-likeness (QED) is 0.667. The zero-order valence-electron chi connectivity index (χ0n) is 7.65. The van der Waals surface area contributed by atoms with Crippen molar-refractivity contribution < 1.29 is 17.9 Å². The first-order chi connectivity index (χ1) is 6.14. The summed E-state index contributed by atoms with van der Waals surface area (Å²) in [5.41, 5.74) is 0. The second-order valence-corrected chi connectivity index (χ2v) is 4.92. The Morgan fingerprint density at radius 1 is 1.46 bits per heavy atom. The maximum absolute atomic E-state index is 11.0. The molecule has 1 N–H and O–H groups in total. The molecule has 1 unspecified atom stereocenters. The van der Waals surface area contributed by atoms with Gasteiger partial charge in [0.15, 0.2) is 0 Å². The highest BCUT2D eigenvalue weighted by atomic mass is 32.2. The van der Waals surface area contributed by atoms with E-state index in [2.05, 4.69) is 4.72 Å². The molecular formula is C7H15NO4S. The Morgan fingerprint density at radius 2 is 2.23 bits per heavy atom. The van der Waals surface area contributed by atoms with Crippen molar-refractivity contribution in [3.05, 3.63) is 0 Å². The first-order valence-electron chi connectivity index (χ1n) is 4.31. The van der Waals surface area contributed by atoms with Gasteiger partial charge in [-0.05, 0) is 6.92 Å². The van der Waals surface area contributed by atoms with Crippen LogP contribution in [0.2, 0.25) is 0 Å². The first-order valence-corrected chi connectivity index (χ1v) is 5.96. The van der Waals surface area contributed by atoms with Crippen LogP contribution in [-0.2, 0) is 19.5 Å². The fraction of sp³-hybridized carbons (Fsp3) is 1.00. The molecule has 6 heteroatoms. The lowest BCUT2D eigenvalue weighted by molar-refractivity contribution is -0.0846. The molecule has 1 rings (SSSR count). The second kappa shape index (κ2) is 4.90. The lowest BCUT2D eigenvalue weighted by atomic mass is 10.3. The van der Waals surface area contributed by atoms with Crippen molar-refractivity contribution in [3.8, 4) is 0 Å². The molecule has 1 fully saturated rings. The van der Waals surface area contributed by atoms with Crippen LogP contribution in [0, 0.1) is 0 Å². The summed E-state index contributed by atoms with van der Waals surface area (Å²) in [6, 6.07) is 0. The van der Waals surface area contributed by atoms with Gasteiger partial charge in [0.1, 0.15) is 0 Å². The Morgan fingerprint density at radius 3 is 2.77 bits per heavy atom. The fourth-order valence-electron chi connectivity index (χ4n) is 0.976. The van der Waals surface area contributed by atoms with Crippen LogP contribution in [0.25, 0.3) is 0 Å². The van der Waals surface area contributed by atoms with Crippen LogP contribution >= 0.6 is 0 Å². The van der Waals surface area contributed by atoms with Crippen LogP contribution in [0.15, 0.2) is 0 Å². The monoisotopic (exact) mass is 209 g/mol. The average molecular weight is 209 g/mol. The maximum Gasteiger partial charge on any atom is 0.211 e. The summed E-state index contributed by atoms with van der Waals surface area (Å²) >= 11 is 0. The highest BCUT2D eigenvalue weighted by molar-refractivity contribution is 7.89. The first kappa shape index (κ1) is 10.9. The SMILES string of the molecule is CCS(=O)(=O)NCC1COCCO1. The molecule has 0 bridgehead atoms. The van der Waals surface area contributed by atoms with Crippen molar-refractivity contribution in [1.82, 2.24) is 4.72 Å². The van der Waals surface area contributed by atoms with E-state index in [1.807, 2.05) is 0 Å². The van der Waals surface area contributed by atoms with Crippen LogP contribution < -0.4 is 4.72 Å². The number of rotatable bonds is 4. The Hall–Kier alpha value is -0.170. The van der Waals surface area contributed by atoms with Gasteiger partial charge in [0, 0.05) is 6.54 Å². The summed E-state index contributed by atoms with van der Waals surface area (Å²) in [6.45, 7) is 3.50. The zero-order valence-corrected chi connectivity index (χ0v) is 8.47. The van der Waals surface area contributed by atoms with Gasteiger partial charge >= 0.3 is 0 Å². The molecule has 0 aromatic rings. The van der Waals surface area contributed by atoms with E-state index in [0.717, 1.165) is 0 Å². The normalized spacial score (nSPS) is 24.5. The van der Waals surface area contributed by atoms with Crippen molar-refractivity contribution in [2.24, 2.45) is 0 Å². The van der Waals surface area contributed by atoms with Crippen LogP contribution in [0.3, 0.4) is 0 Å². The van der Waals surface area contributed by atoms with Gasteiger partial charge in [0.2, 0.25) is 10.0 Å². The third kappa shape index (κ3) is 4.04. The fourth-order valence-corrected chi connectivity index (χ4v) is 1.62. The number of ether oxygens (including phenoxy) is 2. The van der Waals surface area contributed by atoms with E-state index in [-0.39, 0.29) is 11.9 Å². The third-order valence-electron chi connectivity index (χ3n) is 1.80. The average Bonchev–Trinajstić information content (AvgIpc) is 2.17. The summed E-state index contributed by atoms with van der Waals surface area (Å²) in [5.74, 6) is 0.0978. The van der Waals surface area contributed by atoms with E-state index < -0.39 is 10.0 Å². The standard InChI is InChI=1S/C7H15NO4S/c1-2-13(9,10)8-5-7-6-11-3-4-12-7/h7-8H,2-6H2,1H3. The number of hydrogen-bond donors (Lipinski definition) is 1. The molecule has 0 aliphatic carbocycles. The molecule has 1 heterocycles. The molecule has 0 saturated carbocycles. The molecule has 1 atom stereocenters. The van der Waals surface area contributed by atoms with E-state index in [4.69, 9.17) is 9.47 Å². The van der Waals surface area contributed by atoms with Crippen LogP contribution in [-0.4, -0.2) is 46.6 Å². The summed E-state index contributed by atoms with van der Waals surface area (Å²) in [7, 11) is -3.10. The van der Waals surface area contributed by atoms with Crippen LogP contribution in [0.4, 0.5) is 0 Å². The van der Waals surface area contributed by atoms with E-state index in [9.17, 15) is 8.42 Å². The van der Waals surface area contributed by atoms with Crippen molar-refractivity contribution >= 4 is 10.0 Å². The minimum absolute atomic E-state index is 0.0978. The van der Waals surface area contributed by atoms with Gasteiger partial charge in [0.25, 0.3) is 0 Å². The molecule has 1 aliphatic rings. The third-order valence-corrected chi connectivity index (χ3v) is 3.16. The molecular weight excluding hydrogens is 194 g/mol. The number of sulfonamides is 1. The van der Waals surface area contributed by atoms with Gasteiger partial charge in [-0.2, -0.15) is 0 Å². The zero-order chi connectivity index (χ0) is 9.73. The van der Waals surface area contributed by atoms with E-state index >= 15 is 0 Å². The molecule has 0 spiro atoms.